The average molecular weight is 224 g/mol. The van der Waals surface area contributed by atoms with Gasteiger partial charge in [-0.2, -0.15) is 25.3 Å². The summed E-state index contributed by atoms with van der Waals surface area (Å²) < 4.78 is 0. The van der Waals surface area contributed by atoms with Crippen LogP contribution in [0.1, 0.15) is 29.2 Å². The summed E-state index contributed by atoms with van der Waals surface area (Å²) in [7, 11) is 0. The lowest BCUT2D eigenvalue weighted by Gasteiger charge is -2.11. The van der Waals surface area contributed by atoms with Gasteiger partial charge in [0.1, 0.15) is 0 Å². The van der Waals surface area contributed by atoms with Gasteiger partial charge in [0.25, 0.3) is 0 Å². The summed E-state index contributed by atoms with van der Waals surface area (Å²) in [5.74, 6) is 1.55. The fourth-order valence-corrected chi connectivity index (χ4v) is 2.13. The number of rotatable bonds is 4. The molecule has 0 saturated carbocycles. The van der Waals surface area contributed by atoms with Crippen molar-refractivity contribution in [2.45, 2.75) is 24.9 Å². The van der Waals surface area contributed by atoms with E-state index in [0.717, 1.165) is 17.9 Å². The van der Waals surface area contributed by atoms with Crippen molar-refractivity contribution in [3.63, 3.8) is 0 Å². The maximum atomic E-state index is 4.33. The molecule has 0 N–H and O–H groups in total. The molecule has 1 rings (SSSR count). The van der Waals surface area contributed by atoms with E-state index in [1.165, 1.54) is 22.3 Å². The third-order valence-corrected chi connectivity index (χ3v) is 3.08. The predicted octanol–water partition coefficient (Wildman–Crippen LogP) is 3.75. The minimum atomic E-state index is 0.765. The first-order valence-corrected chi connectivity index (χ1v) is 6.02. The van der Waals surface area contributed by atoms with E-state index in [4.69, 9.17) is 0 Å². The highest BCUT2D eigenvalue weighted by atomic mass is 32.1. The molecule has 0 aromatic heterocycles. The molecule has 0 aliphatic heterocycles. The van der Waals surface area contributed by atoms with Gasteiger partial charge in [0.2, 0.25) is 0 Å². The van der Waals surface area contributed by atoms with Gasteiger partial charge < -0.3 is 0 Å². The van der Waals surface area contributed by atoms with Gasteiger partial charge in [0.15, 0.2) is 0 Å². The van der Waals surface area contributed by atoms with Crippen molar-refractivity contribution in [2.24, 2.45) is 0 Å². The summed E-state index contributed by atoms with van der Waals surface area (Å²) in [6, 6.07) is 4.39. The maximum Gasteiger partial charge on any atom is 0.0160 e. The fraction of sp³-hybridized carbons (Fsp3) is 0.333. The quantitative estimate of drug-likeness (QED) is 0.715. The Bertz CT molecular complexity index is 329. The average Bonchev–Trinajstić information content (AvgIpc) is 2.26. The zero-order valence-corrected chi connectivity index (χ0v) is 10.2. The normalized spacial score (nSPS) is 10.2. The Morgan fingerprint density at radius 2 is 1.79 bits per heavy atom. The topological polar surface area (TPSA) is 0 Å². The molecule has 0 radical (unpaired) electrons. The molecule has 0 aliphatic rings. The van der Waals surface area contributed by atoms with Crippen LogP contribution >= 0.6 is 25.3 Å². The van der Waals surface area contributed by atoms with Crippen molar-refractivity contribution in [3.05, 3.63) is 41.0 Å². The molecule has 0 atom stereocenters. The summed E-state index contributed by atoms with van der Waals surface area (Å²) in [4.78, 5) is 0. The molecule has 0 bridgehead atoms. The van der Waals surface area contributed by atoms with E-state index in [0.29, 0.717) is 0 Å². The van der Waals surface area contributed by atoms with E-state index in [9.17, 15) is 0 Å². The summed E-state index contributed by atoms with van der Waals surface area (Å²) in [5.41, 5.74) is 5.11. The second-order valence-electron chi connectivity index (χ2n) is 3.19. The zero-order valence-electron chi connectivity index (χ0n) is 8.45. The lowest BCUT2D eigenvalue weighted by molar-refractivity contribution is 1.09. The molecule has 0 saturated heterocycles. The van der Waals surface area contributed by atoms with E-state index in [1.54, 1.807) is 0 Å². The lowest BCUT2D eigenvalue weighted by atomic mass is 9.98. The number of thiol groups is 2. The SMILES string of the molecule is C=Cc1cc(CS)c(CC)cc1CS. The van der Waals surface area contributed by atoms with Gasteiger partial charge >= 0.3 is 0 Å². The molecular formula is C12H16S2. The number of hydrogen-bond donors (Lipinski definition) is 2. The van der Waals surface area contributed by atoms with Gasteiger partial charge in [-0.3, -0.25) is 0 Å². The van der Waals surface area contributed by atoms with E-state index in [2.05, 4.69) is 50.9 Å². The highest BCUT2D eigenvalue weighted by Crippen LogP contribution is 2.21. The van der Waals surface area contributed by atoms with Crippen LogP contribution in [0.4, 0.5) is 0 Å². The summed E-state index contributed by atoms with van der Waals surface area (Å²) >= 11 is 8.65. The zero-order chi connectivity index (χ0) is 10.6. The Morgan fingerprint density at radius 1 is 1.14 bits per heavy atom. The molecule has 0 nitrogen and oxygen atoms in total. The second kappa shape index (κ2) is 5.52. The van der Waals surface area contributed by atoms with Gasteiger partial charge in [0, 0.05) is 11.5 Å². The highest BCUT2D eigenvalue weighted by molar-refractivity contribution is 7.79. The van der Waals surface area contributed by atoms with Crippen LogP contribution in [0.2, 0.25) is 0 Å². The fourth-order valence-electron chi connectivity index (χ4n) is 1.56. The number of hydrogen-bond acceptors (Lipinski definition) is 2. The molecule has 1 aromatic carbocycles. The molecule has 0 spiro atoms. The Kier molecular flexibility index (Phi) is 4.63. The molecule has 1 aromatic rings. The van der Waals surface area contributed by atoms with Gasteiger partial charge in [0.05, 0.1) is 0 Å². The predicted molar refractivity (Wildman–Crippen MR) is 71.3 cm³/mol. The molecule has 0 amide bonds. The van der Waals surface area contributed by atoms with Crippen molar-refractivity contribution < 1.29 is 0 Å². The van der Waals surface area contributed by atoms with Crippen LogP contribution in [0.15, 0.2) is 18.7 Å². The van der Waals surface area contributed by atoms with E-state index >= 15 is 0 Å². The van der Waals surface area contributed by atoms with Crippen LogP contribution < -0.4 is 0 Å². The first-order valence-electron chi connectivity index (χ1n) is 4.75. The van der Waals surface area contributed by atoms with Crippen molar-refractivity contribution in [2.75, 3.05) is 0 Å². The maximum absolute atomic E-state index is 4.33. The minimum Gasteiger partial charge on any atom is -0.175 e. The summed E-state index contributed by atoms with van der Waals surface area (Å²) in [6.45, 7) is 5.98. The van der Waals surface area contributed by atoms with Crippen LogP contribution in [0, 0.1) is 0 Å². The third-order valence-electron chi connectivity index (χ3n) is 2.40. The first-order chi connectivity index (χ1) is 6.76. The van der Waals surface area contributed by atoms with Gasteiger partial charge in [-0.25, -0.2) is 0 Å². The molecular weight excluding hydrogens is 208 g/mol. The van der Waals surface area contributed by atoms with Crippen molar-refractivity contribution in [1.82, 2.24) is 0 Å². The largest absolute Gasteiger partial charge is 0.175 e. The smallest absolute Gasteiger partial charge is 0.0160 e. The van der Waals surface area contributed by atoms with Crippen molar-refractivity contribution in [1.29, 1.82) is 0 Å². The van der Waals surface area contributed by atoms with E-state index in [1.807, 2.05) is 6.08 Å². The Hall–Kier alpha value is -0.340. The highest BCUT2D eigenvalue weighted by Gasteiger charge is 2.04. The van der Waals surface area contributed by atoms with Gasteiger partial charge in [-0.15, -0.1) is 0 Å². The summed E-state index contributed by atoms with van der Waals surface area (Å²) in [5, 5.41) is 0. The van der Waals surface area contributed by atoms with E-state index in [-0.39, 0.29) is 0 Å². The van der Waals surface area contributed by atoms with Gasteiger partial charge in [-0.1, -0.05) is 31.7 Å². The minimum absolute atomic E-state index is 0.765. The molecule has 0 fully saturated rings. The molecule has 0 aliphatic carbocycles. The number of benzene rings is 1. The third kappa shape index (κ3) is 2.37. The van der Waals surface area contributed by atoms with Gasteiger partial charge in [-0.05, 0) is 28.7 Å². The molecule has 2 heteroatoms. The standard InChI is InChI=1S/C12H16S2/c1-3-9-5-12(8-14)10(4-2)6-11(9)7-13/h3,5-6,13-14H,1,4,7-8H2,2H3. The van der Waals surface area contributed by atoms with Crippen LogP contribution in [-0.4, -0.2) is 0 Å². The second-order valence-corrected chi connectivity index (χ2v) is 3.83. The van der Waals surface area contributed by atoms with Crippen molar-refractivity contribution >= 4 is 31.3 Å². The first kappa shape index (κ1) is 11.7. The lowest BCUT2D eigenvalue weighted by Crippen LogP contribution is -1.95. The molecule has 0 heterocycles. The van der Waals surface area contributed by atoms with Crippen LogP contribution in [-0.2, 0) is 17.9 Å². The van der Waals surface area contributed by atoms with Crippen LogP contribution in [0.25, 0.3) is 6.08 Å². The Morgan fingerprint density at radius 3 is 2.21 bits per heavy atom. The van der Waals surface area contributed by atoms with Crippen molar-refractivity contribution in [3.8, 4) is 0 Å². The Labute approximate surface area is 97.2 Å². The number of aryl methyl sites for hydroxylation is 1. The monoisotopic (exact) mass is 224 g/mol. The Balaban J connectivity index is 3.27. The van der Waals surface area contributed by atoms with Crippen LogP contribution in [0.5, 0.6) is 0 Å². The van der Waals surface area contributed by atoms with E-state index < -0.39 is 0 Å². The molecule has 14 heavy (non-hydrogen) atoms. The molecule has 0 unspecified atom stereocenters. The van der Waals surface area contributed by atoms with Crippen LogP contribution in [0.3, 0.4) is 0 Å². The molecule has 76 valence electrons. The summed E-state index contributed by atoms with van der Waals surface area (Å²) in [6.07, 6.45) is 2.94.